The lowest BCUT2D eigenvalue weighted by Crippen LogP contribution is -2.48. The number of rotatable bonds is 7. The second-order valence-electron chi connectivity index (χ2n) is 5.58. The summed E-state index contributed by atoms with van der Waals surface area (Å²) in [5.74, 6) is 1.86. The quantitative estimate of drug-likeness (QED) is 0.759. The molecule has 1 amide bonds. The Labute approximate surface area is 137 Å². The molecule has 1 saturated heterocycles. The Kier molecular flexibility index (Phi) is 6.67. The molecule has 0 aromatic heterocycles. The van der Waals surface area contributed by atoms with Gasteiger partial charge in [-0.3, -0.25) is 9.69 Å². The first-order chi connectivity index (χ1) is 11.2. The van der Waals surface area contributed by atoms with E-state index in [0.717, 1.165) is 49.8 Å². The Bertz CT molecular complexity index is 513. The fourth-order valence-electron chi connectivity index (χ4n) is 2.75. The number of nitrogens with zero attached hydrogens (tertiary/aromatic N) is 2. The minimum absolute atomic E-state index is 0.172. The summed E-state index contributed by atoms with van der Waals surface area (Å²) in [5.41, 5.74) is 1.10. The SMILES string of the molecule is COCCC(=O)N1CCN(Cc2cc(OC)ccc2OC)CC1. The first-order valence-corrected chi connectivity index (χ1v) is 7.88. The van der Waals surface area contributed by atoms with Crippen LogP contribution >= 0.6 is 0 Å². The van der Waals surface area contributed by atoms with Crippen molar-refractivity contribution in [2.24, 2.45) is 0 Å². The van der Waals surface area contributed by atoms with Crippen LogP contribution < -0.4 is 9.47 Å². The summed E-state index contributed by atoms with van der Waals surface area (Å²) in [6, 6.07) is 5.84. The van der Waals surface area contributed by atoms with Gasteiger partial charge in [-0.15, -0.1) is 0 Å². The van der Waals surface area contributed by atoms with Gasteiger partial charge in [-0.1, -0.05) is 0 Å². The molecule has 1 aliphatic rings. The van der Waals surface area contributed by atoms with E-state index in [1.807, 2.05) is 23.1 Å². The molecular weight excluding hydrogens is 296 g/mol. The topological polar surface area (TPSA) is 51.2 Å². The molecule has 0 aliphatic carbocycles. The minimum Gasteiger partial charge on any atom is -0.497 e. The molecular formula is C17H26N2O4. The van der Waals surface area contributed by atoms with Crippen LogP contribution in [-0.4, -0.2) is 69.8 Å². The van der Waals surface area contributed by atoms with E-state index in [4.69, 9.17) is 14.2 Å². The highest BCUT2D eigenvalue weighted by atomic mass is 16.5. The Morgan fingerprint density at radius 3 is 2.43 bits per heavy atom. The number of methoxy groups -OCH3 is 3. The zero-order chi connectivity index (χ0) is 16.7. The molecule has 6 heteroatoms. The number of benzene rings is 1. The van der Waals surface area contributed by atoms with Gasteiger partial charge in [0, 0.05) is 45.4 Å². The maximum Gasteiger partial charge on any atom is 0.224 e. The van der Waals surface area contributed by atoms with Crippen LogP contribution in [0, 0.1) is 0 Å². The monoisotopic (exact) mass is 322 g/mol. The molecule has 1 aromatic carbocycles. The fourth-order valence-corrected chi connectivity index (χ4v) is 2.75. The van der Waals surface area contributed by atoms with Crippen molar-refractivity contribution in [1.29, 1.82) is 0 Å². The van der Waals surface area contributed by atoms with Gasteiger partial charge in [0.1, 0.15) is 11.5 Å². The Hall–Kier alpha value is -1.79. The summed E-state index contributed by atoms with van der Waals surface area (Å²) in [6.45, 7) is 4.52. The van der Waals surface area contributed by atoms with Crippen molar-refractivity contribution in [1.82, 2.24) is 9.80 Å². The van der Waals surface area contributed by atoms with Crippen molar-refractivity contribution in [3.63, 3.8) is 0 Å². The summed E-state index contributed by atoms with van der Waals surface area (Å²) in [6.07, 6.45) is 0.459. The summed E-state index contributed by atoms with van der Waals surface area (Å²) in [7, 11) is 4.96. The highest BCUT2D eigenvalue weighted by Gasteiger charge is 2.21. The number of piperazine rings is 1. The van der Waals surface area contributed by atoms with Crippen molar-refractivity contribution >= 4 is 5.91 Å². The second kappa shape index (κ2) is 8.74. The van der Waals surface area contributed by atoms with Crippen LogP contribution in [0.25, 0.3) is 0 Å². The van der Waals surface area contributed by atoms with Crippen molar-refractivity contribution < 1.29 is 19.0 Å². The Balaban J connectivity index is 1.90. The van der Waals surface area contributed by atoms with Gasteiger partial charge in [0.05, 0.1) is 27.2 Å². The maximum atomic E-state index is 12.0. The summed E-state index contributed by atoms with van der Waals surface area (Å²) in [5, 5.41) is 0. The maximum absolute atomic E-state index is 12.0. The lowest BCUT2D eigenvalue weighted by Gasteiger charge is -2.35. The number of carbonyl (C=O) groups is 1. The van der Waals surface area contributed by atoms with Crippen LogP contribution in [0.3, 0.4) is 0 Å². The van der Waals surface area contributed by atoms with Gasteiger partial charge in [-0.2, -0.15) is 0 Å². The van der Waals surface area contributed by atoms with E-state index >= 15 is 0 Å². The number of carbonyl (C=O) groups excluding carboxylic acids is 1. The third-order valence-corrected chi connectivity index (χ3v) is 4.13. The molecule has 0 atom stereocenters. The molecule has 0 spiro atoms. The average molecular weight is 322 g/mol. The molecule has 0 bridgehead atoms. The molecule has 0 saturated carbocycles. The van der Waals surface area contributed by atoms with E-state index in [2.05, 4.69) is 4.90 Å². The van der Waals surface area contributed by atoms with Gasteiger partial charge in [-0.05, 0) is 18.2 Å². The predicted molar refractivity (Wildman–Crippen MR) is 87.9 cm³/mol. The smallest absolute Gasteiger partial charge is 0.224 e. The van der Waals surface area contributed by atoms with Crippen molar-refractivity contribution in [3.8, 4) is 11.5 Å². The zero-order valence-electron chi connectivity index (χ0n) is 14.2. The molecule has 0 radical (unpaired) electrons. The minimum atomic E-state index is 0.172. The highest BCUT2D eigenvalue weighted by molar-refractivity contribution is 5.76. The van der Waals surface area contributed by atoms with Crippen LogP contribution in [0.2, 0.25) is 0 Å². The first kappa shape index (κ1) is 17.6. The third-order valence-electron chi connectivity index (χ3n) is 4.13. The zero-order valence-corrected chi connectivity index (χ0v) is 14.2. The molecule has 2 rings (SSSR count). The molecule has 0 N–H and O–H groups in total. The van der Waals surface area contributed by atoms with E-state index < -0.39 is 0 Å². The summed E-state index contributed by atoms with van der Waals surface area (Å²) in [4.78, 5) is 16.2. The first-order valence-electron chi connectivity index (χ1n) is 7.88. The standard InChI is InChI=1S/C17H26N2O4/c1-21-11-6-17(20)19-9-7-18(8-10-19)13-14-12-15(22-2)4-5-16(14)23-3/h4-5,12H,6-11,13H2,1-3H3. The third kappa shape index (κ3) is 4.84. The van der Waals surface area contributed by atoms with Crippen molar-refractivity contribution in [2.75, 3.05) is 54.1 Å². The van der Waals surface area contributed by atoms with Gasteiger partial charge in [0.25, 0.3) is 0 Å². The van der Waals surface area contributed by atoms with E-state index in [9.17, 15) is 4.79 Å². The second-order valence-corrected chi connectivity index (χ2v) is 5.58. The van der Waals surface area contributed by atoms with Crippen molar-refractivity contribution in [3.05, 3.63) is 23.8 Å². The molecule has 128 valence electrons. The number of ether oxygens (including phenoxy) is 3. The molecule has 23 heavy (non-hydrogen) atoms. The summed E-state index contributed by atoms with van der Waals surface area (Å²) < 4.78 is 15.7. The van der Waals surface area contributed by atoms with Crippen molar-refractivity contribution in [2.45, 2.75) is 13.0 Å². The van der Waals surface area contributed by atoms with E-state index in [-0.39, 0.29) is 5.91 Å². The van der Waals surface area contributed by atoms with Crippen LogP contribution in [0.5, 0.6) is 11.5 Å². The van der Waals surface area contributed by atoms with Crippen LogP contribution in [0.4, 0.5) is 0 Å². The lowest BCUT2D eigenvalue weighted by molar-refractivity contribution is -0.133. The van der Waals surface area contributed by atoms with E-state index in [1.165, 1.54) is 0 Å². The molecule has 1 fully saturated rings. The fraction of sp³-hybridized carbons (Fsp3) is 0.588. The van der Waals surface area contributed by atoms with E-state index in [0.29, 0.717) is 13.0 Å². The largest absolute Gasteiger partial charge is 0.497 e. The lowest BCUT2D eigenvalue weighted by atomic mass is 10.1. The van der Waals surface area contributed by atoms with Gasteiger partial charge in [0.2, 0.25) is 5.91 Å². The van der Waals surface area contributed by atoms with Gasteiger partial charge < -0.3 is 19.1 Å². The molecule has 0 unspecified atom stereocenters. The number of amides is 1. The normalized spacial score (nSPS) is 15.5. The molecule has 1 heterocycles. The molecule has 1 aliphatic heterocycles. The average Bonchev–Trinajstić information content (AvgIpc) is 2.60. The summed E-state index contributed by atoms with van der Waals surface area (Å²) >= 11 is 0. The predicted octanol–water partition coefficient (Wildman–Crippen LogP) is 1.38. The van der Waals surface area contributed by atoms with Crippen LogP contribution in [0.15, 0.2) is 18.2 Å². The van der Waals surface area contributed by atoms with Crippen LogP contribution in [-0.2, 0) is 16.1 Å². The van der Waals surface area contributed by atoms with Gasteiger partial charge >= 0.3 is 0 Å². The van der Waals surface area contributed by atoms with Gasteiger partial charge in [-0.25, -0.2) is 0 Å². The number of hydrogen-bond acceptors (Lipinski definition) is 5. The molecule has 1 aromatic rings. The Morgan fingerprint density at radius 1 is 1.09 bits per heavy atom. The van der Waals surface area contributed by atoms with E-state index in [1.54, 1.807) is 21.3 Å². The highest BCUT2D eigenvalue weighted by Crippen LogP contribution is 2.25. The Morgan fingerprint density at radius 2 is 1.83 bits per heavy atom. The number of hydrogen-bond donors (Lipinski definition) is 0. The molecule has 6 nitrogen and oxygen atoms in total. The van der Waals surface area contributed by atoms with Gasteiger partial charge in [0.15, 0.2) is 0 Å². The van der Waals surface area contributed by atoms with Crippen LogP contribution in [0.1, 0.15) is 12.0 Å².